The van der Waals surface area contributed by atoms with E-state index in [0.29, 0.717) is 13.0 Å². The van der Waals surface area contributed by atoms with Crippen LogP contribution in [0, 0.1) is 0 Å². The lowest BCUT2D eigenvalue weighted by molar-refractivity contribution is -0.143. The minimum absolute atomic E-state index is 0.00904. The van der Waals surface area contributed by atoms with Crippen molar-refractivity contribution in [3.8, 4) is 0 Å². The van der Waals surface area contributed by atoms with Crippen molar-refractivity contribution < 1.29 is 14.3 Å². The Kier molecular flexibility index (Phi) is 6.32. The Morgan fingerprint density at radius 3 is 2.83 bits per heavy atom. The van der Waals surface area contributed by atoms with Crippen LogP contribution >= 0.6 is 0 Å². The molecule has 0 aromatic heterocycles. The number of anilines is 1. The maximum absolute atomic E-state index is 12.0. The van der Waals surface area contributed by atoms with Gasteiger partial charge in [-0.3, -0.25) is 14.6 Å². The minimum atomic E-state index is -0.128. The van der Waals surface area contributed by atoms with Crippen LogP contribution in [0.1, 0.15) is 44.6 Å². The molecule has 0 spiro atoms. The Labute approximate surface area is 137 Å². The quantitative estimate of drug-likeness (QED) is 0.574. The van der Waals surface area contributed by atoms with E-state index in [2.05, 4.69) is 4.99 Å². The van der Waals surface area contributed by atoms with Gasteiger partial charge in [-0.2, -0.15) is 0 Å². The molecule has 5 heteroatoms. The van der Waals surface area contributed by atoms with Gasteiger partial charge in [0, 0.05) is 24.7 Å². The summed E-state index contributed by atoms with van der Waals surface area (Å²) in [5.41, 5.74) is 2.93. The van der Waals surface area contributed by atoms with E-state index in [1.54, 1.807) is 11.9 Å². The number of nitrogens with zero attached hydrogens (tertiary/aromatic N) is 2. The van der Waals surface area contributed by atoms with E-state index in [-0.39, 0.29) is 18.4 Å². The van der Waals surface area contributed by atoms with Crippen LogP contribution in [0.2, 0.25) is 0 Å². The number of hydrogen-bond donors (Lipinski definition) is 0. The van der Waals surface area contributed by atoms with Crippen LogP contribution in [0.3, 0.4) is 0 Å². The van der Waals surface area contributed by atoms with Crippen LogP contribution in [-0.4, -0.2) is 37.8 Å². The Bertz CT molecular complexity index is 596. The number of hydrogen-bond acceptors (Lipinski definition) is 4. The lowest BCUT2D eigenvalue weighted by Crippen LogP contribution is -2.27. The summed E-state index contributed by atoms with van der Waals surface area (Å²) >= 11 is 0. The summed E-state index contributed by atoms with van der Waals surface area (Å²) in [5.74, 6) is -0.119. The molecule has 23 heavy (non-hydrogen) atoms. The van der Waals surface area contributed by atoms with Crippen LogP contribution in [0.25, 0.3) is 0 Å². The largest absolute Gasteiger partial charge is 0.466 e. The zero-order valence-electron chi connectivity index (χ0n) is 13.9. The molecular weight excluding hydrogens is 292 g/mol. The Morgan fingerprint density at radius 1 is 1.26 bits per heavy atom. The molecule has 1 aliphatic heterocycles. The summed E-state index contributed by atoms with van der Waals surface area (Å²) in [4.78, 5) is 29.5. The number of unbranched alkanes of at least 4 members (excludes halogenated alkanes) is 2. The highest BCUT2D eigenvalue weighted by Crippen LogP contribution is 2.24. The average molecular weight is 316 g/mol. The smallest absolute Gasteiger partial charge is 0.305 e. The number of rotatable bonds is 7. The second kappa shape index (κ2) is 8.46. The lowest BCUT2D eigenvalue weighted by atomic mass is 10.0. The van der Waals surface area contributed by atoms with Crippen molar-refractivity contribution in [1.29, 1.82) is 0 Å². The van der Waals surface area contributed by atoms with Crippen molar-refractivity contribution in [2.75, 3.05) is 25.1 Å². The molecule has 2 rings (SSSR count). The fourth-order valence-electron chi connectivity index (χ4n) is 2.68. The molecule has 1 amide bonds. The number of aliphatic imine (C=N–C) groups is 1. The maximum Gasteiger partial charge on any atom is 0.305 e. The number of amides is 1. The SMILES string of the molecule is CCOC(=O)CCCCCC1=NCC(=O)N(C)c2ccccc21. The zero-order chi connectivity index (χ0) is 16.7. The molecule has 1 aliphatic rings. The summed E-state index contributed by atoms with van der Waals surface area (Å²) in [6.45, 7) is 2.45. The lowest BCUT2D eigenvalue weighted by Gasteiger charge is -2.17. The molecule has 0 N–H and O–H groups in total. The van der Waals surface area contributed by atoms with Crippen molar-refractivity contribution in [2.45, 2.75) is 39.0 Å². The molecule has 124 valence electrons. The first-order valence-corrected chi connectivity index (χ1v) is 8.18. The van der Waals surface area contributed by atoms with Crippen LogP contribution in [0.15, 0.2) is 29.3 Å². The van der Waals surface area contributed by atoms with E-state index in [1.807, 2.05) is 31.2 Å². The summed E-state index contributed by atoms with van der Waals surface area (Å²) in [6.07, 6.45) is 4.01. The van der Waals surface area contributed by atoms with Gasteiger partial charge in [-0.25, -0.2) is 0 Å². The first kappa shape index (κ1) is 17.2. The molecule has 1 aromatic carbocycles. The van der Waals surface area contributed by atoms with E-state index in [0.717, 1.165) is 42.6 Å². The molecule has 1 aromatic rings. The van der Waals surface area contributed by atoms with Gasteiger partial charge in [0.15, 0.2) is 0 Å². The third-order valence-electron chi connectivity index (χ3n) is 3.96. The molecular formula is C18H24N2O3. The third kappa shape index (κ3) is 4.65. The summed E-state index contributed by atoms with van der Waals surface area (Å²) in [6, 6.07) is 7.88. The fourth-order valence-corrected chi connectivity index (χ4v) is 2.68. The number of benzene rings is 1. The van der Waals surface area contributed by atoms with E-state index >= 15 is 0 Å². The van der Waals surface area contributed by atoms with Crippen LogP contribution in [0.5, 0.6) is 0 Å². The zero-order valence-corrected chi connectivity index (χ0v) is 13.9. The highest BCUT2D eigenvalue weighted by molar-refractivity contribution is 6.11. The monoisotopic (exact) mass is 316 g/mol. The highest BCUT2D eigenvalue weighted by Gasteiger charge is 2.20. The first-order chi connectivity index (χ1) is 11.1. The number of ether oxygens (including phenoxy) is 1. The Hall–Kier alpha value is -2.17. The number of fused-ring (bicyclic) bond motifs is 1. The summed E-state index contributed by atoms with van der Waals surface area (Å²) in [7, 11) is 1.79. The molecule has 0 aliphatic carbocycles. The molecule has 0 saturated carbocycles. The first-order valence-electron chi connectivity index (χ1n) is 8.18. The standard InChI is InChI=1S/C18H24N2O3/c1-3-23-18(22)12-6-4-5-10-15-14-9-7-8-11-16(14)20(2)17(21)13-19-15/h7-9,11H,3-6,10,12-13H2,1-2H3. The average Bonchev–Trinajstić information content (AvgIpc) is 2.67. The summed E-state index contributed by atoms with van der Waals surface area (Å²) in [5, 5.41) is 0. The van der Waals surface area contributed by atoms with Gasteiger partial charge in [0.1, 0.15) is 6.54 Å². The van der Waals surface area contributed by atoms with Gasteiger partial charge in [0.2, 0.25) is 5.91 Å². The van der Waals surface area contributed by atoms with E-state index < -0.39 is 0 Å². The molecule has 0 fully saturated rings. The van der Waals surface area contributed by atoms with Crippen molar-refractivity contribution >= 4 is 23.3 Å². The van der Waals surface area contributed by atoms with Gasteiger partial charge in [0.25, 0.3) is 0 Å². The normalized spacial score (nSPS) is 14.1. The number of likely N-dealkylation sites (N-methyl/N-ethyl adjacent to an activating group) is 1. The van der Waals surface area contributed by atoms with E-state index in [1.165, 1.54) is 0 Å². The molecule has 0 unspecified atom stereocenters. The number of para-hydroxylation sites is 1. The van der Waals surface area contributed by atoms with Gasteiger partial charge in [-0.1, -0.05) is 24.6 Å². The fraction of sp³-hybridized carbons (Fsp3) is 0.500. The number of carbonyl (C=O) groups excluding carboxylic acids is 2. The number of esters is 1. The molecule has 0 radical (unpaired) electrons. The van der Waals surface area contributed by atoms with Crippen molar-refractivity contribution in [3.63, 3.8) is 0 Å². The molecule has 1 heterocycles. The summed E-state index contributed by atoms with van der Waals surface area (Å²) < 4.78 is 4.92. The third-order valence-corrected chi connectivity index (χ3v) is 3.96. The topological polar surface area (TPSA) is 59.0 Å². The second-order valence-corrected chi connectivity index (χ2v) is 5.60. The van der Waals surface area contributed by atoms with E-state index in [4.69, 9.17) is 4.74 Å². The Morgan fingerprint density at radius 2 is 2.04 bits per heavy atom. The van der Waals surface area contributed by atoms with Crippen molar-refractivity contribution in [2.24, 2.45) is 4.99 Å². The van der Waals surface area contributed by atoms with Gasteiger partial charge in [-0.15, -0.1) is 0 Å². The Balaban J connectivity index is 1.91. The molecule has 0 saturated heterocycles. The van der Waals surface area contributed by atoms with Gasteiger partial charge in [-0.05, 0) is 32.3 Å². The van der Waals surface area contributed by atoms with Crippen LogP contribution in [-0.2, 0) is 14.3 Å². The van der Waals surface area contributed by atoms with Crippen LogP contribution in [0.4, 0.5) is 5.69 Å². The molecule has 0 bridgehead atoms. The molecule has 5 nitrogen and oxygen atoms in total. The van der Waals surface area contributed by atoms with Crippen molar-refractivity contribution in [3.05, 3.63) is 29.8 Å². The second-order valence-electron chi connectivity index (χ2n) is 5.60. The maximum atomic E-state index is 12.0. The predicted octanol–water partition coefficient (Wildman–Crippen LogP) is 2.97. The predicted molar refractivity (Wildman–Crippen MR) is 91.0 cm³/mol. The van der Waals surface area contributed by atoms with Gasteiger partial charge >= 0.3 is 5.97 Å². The minimum Gasteiger partial charge on any atom is -0.466 e. The van der Waals surface area contributed by atoms with Crippen LogP contribution < -0.4 is 4.90 Å². The number of carbonyl (C=O) groups is 2. The van der Waals surface area contributed by atoms with Crippen molar-refractivity contribution in [1.82, 2.24) is 0 Å². The molecule has 0 atom stereocenters. The van der Waals surface area contributed by atoms with Gasteiger partial charge < -0.3 is 9.64 Å². The van der Waals surface area contributed by atoms with Gasteiger partial charge in [0.05, 0.1) is 12.3 Å². The number of benzodiazepines with no additional fused rings is 1. The highest BCUT2D eigenvalue weighted by atomic mass is 16.5. The van der Waals surface area contributed by atoms with E-state index in [9.17, 15) is 9.59 Å².